The fourth-order valence-electron chi connectivity index (χ4n) is 2.76. The Morgan fingerprint density at radius 1 is 1.00 bits per heavy atom. The Balaban J connectivity index is 1.53. The molecule has 26 heavy (non-hydrogen) atoms. The van der Waals surface area contributed by atoms with E-state index in [1.807, 2.05) is 12.1 Å². The fourth-order valence-corrected chi connectivity index (χ4v) is 3.69. The molecule has 0 amide bonds. The fraction of sp³-hybridized carbons (Fsp3) is 0.150. The molecule has 0 radical (unpaired) electrons. The minimum atomic E-state index is 0.496. The average Bonchev–Trinajstić information content (AvgIpc) is 3.10. The zero-order valence-electron chi connectivity index (χ0n) is 14.4. The van der Waals surface area contributed by atoms with Crippen LogP contribution in [0.25, 0.3) is 22.4 Å². The number of halogens is 1. The summed E-state index contributed by atoms with van der Waals surface area (Å²) < 4.78 is 5.76. The number of hydrogen-bond donors (Lipinski definition) is 0. The number of pyridine rings is 1. The van der Waals surface area contributed by atoms with Crippen molar-refractivity contribution in [3.63, 3.8) is 0 Å². The maximum atomic E-state index is 5.91. The lowest BCUT2D eigenvalue weighted by molar-refractivity contribution is 0.528. The van der Waals surface area contributed by atoms with Crippen molar-refractivity contribution < 1.29 is 4.42 Å². The van der Waals surface area contributed by atoms with Crippen LogP contribution >= 0.6 is 23.4 Å². The van der Waals surface area contributed by atoms with Crippen molar-refractivity contribution in [3.05, 3.63) is 70.6 Å². The van der Waals surface area contributed by atoms with Crippen LogP contribution in [0.1, 0.15) is 17.0 Å². The van der Waals surface area contributed by atoms with Crippen molar-refractivity contribution in [1.82, 2.24) is 15.2 Å². The lowest BCUT2D eigenvalue weighted by atomic mass is 10.1. The van der Waals surface area contributed by atoms with Gasteiger partial charge in [0.1, 0.15) is 0 Å². The van der Waals surface area contributed by atoms with Gasteiger partial charge >= 0.3 is 0 Å². The first-order valence-electron chi connectivity index (χ1n) is 8.18. The van der Waals surface area contributed by atoms with Gasteiger partial charge in [0, 0.05) is 16.0 Å². The third-order valence-corrected chi connectivity index (χ3v) is 5.27. The van der Waals surface area contributed by atoms with E-state index in [0.29, 0.717) is 22.6 Å². The maximum absolute atomic E-state index is 5.91. The van der Waals surface area contributed by atoms with Crippen LogP contribution in [0.2, 0.25) is 5.02 Å². The van der Waals surface area contributed by atoms with E-state index < -0.39 is 0 Å². The van der Waals surface area contributed by atoms with Crippen LogP contribution in [0, 0.1) is 13.8 Å². The predicted octanol–water partition coefficient (Wildman–Crippen LogP) is 5.85. The zero-order chi connectivity index (χ0) is 18.1. The minimum Gasteiger partial charge on any atom is -0.420 e. The van der Waals surface area contributed by atoms with Gasteiger partial charge in [-0.15, -0.1) is 10.2 Å². The summed E-state index contributed by atoms with van der Waals surface area (Å²) in [6.07, 6.45) is 0. The van der Waals surface area contributed by atoms with Gasteiger partial charge in [-0.05, 0) is 55.3 Å². The number of para-hydroxylation sites is 1. The quantitative estimate of drug-likeness (QED) is 0.415. The molecule has 4 rings (SSSR count). The van der Waals surface area contributed by atoms with Crippen LogP contribution in [0.4, 0.5) is 0 Å². The van der Waals surface area contributed by atoms with E-state index in [4.69, 9.17) is 21.0 Å². The molecule has 0 saturated carbocycles. The number of thioether (sulfide) groups is 1. The van der Waals surface area contributed by atoms with Crippen molar-refractivity contribution in [3.8, 4) is 11.5 Å². The van der Waals surface area contributed by atoms with Gasteiger partial charge in [-0.2, -0.15) is 0 Å². The Morgan fingerprint density at radius 2 is 1.81 bits per heavy atom. The van der Waals surface area contributed by atoms with Gasteiger partial charge in [-0.3, -0.25) is 0 Å². The van der Waals surface area contributed by atoms with Gasteiger partial charge in [-0.25, -0.2) is 4.98 Å². The first-order chi connectivity index (χ1) is 12.6. The van der Waals surface area contributed by atoms with Crippen LogP contribution in [-0.2, 0) is 5.75 Å². The van der Waals surface area contributed by atoms with Crippen LogP contribution in [0.15, 0.2) is 58.0 Å². The smallest absolute Gasteiger partial charge is 0.247 e. The summed E-state index contributed by atoms with van der Waals surface area (Å²) in [5.74, 6) is 1.64. The molecule has 2 heterocycles. The molecular formula is C20H16ClN3OS. The highest BCUT2D eigenvalue weighted by molar-refractivity contribution is 7.98. The normalized spacial score (nSPS) is 11.2. The maximum Gasteiger partial charge on any atom is 0.247 e. The molecule has 0 spiro atoms. The number of benzene rings is 2. The molecule has 0 bridgehead atoms. The van der Waals surface area contributed by atoms with E-state index in [9.17, 15) is 0 Å². The van der Waals surface area contributed by atoms with Gasteiger partial charge in [-0.1, -0.05) is 41.6 Å². The SMILES string of the molecule is Cc1cc(SCc2nnc(-c3ccc(Cl)cc3)o2)nc2c(C)cccc12. The Hall–Kier alpha value is -2.37. The Kier molecular flexibility index (Phi) is 4.66. The molecular weight excluding hydrogens is 366 g/mol. The molecule has 130 valence electrons. The van der Waals surface area contributed by atoms with Crippen LogP contribution in [0.5, 0.6) is 0 Å². The van der Waals surface area contributed by atoms with Gasteiger partial charge < -0.3 is 4.42 Å². The Labute approximate surface area is 160 Å². The summed E-state index contributed by atoms with van der Waals surface area (Å²) in [7, 11) is 0. The number of nitrogens with zero attached hydrogens (tertiary/aromatic N) is 3. The summed E-state index contributed by atoms with van der Waals surface area (Å²) in [6.45, 7) is 4.19. The molecule has 2 aromatic carbocycles. The lowest BCUT2D eigenvalue weighted by Crippen LogP contribution is -1.90. The first-order valence-corrected chi connectivity index (χ1v) is 9.54. The van der Waals surface area contributed by atoms with Crippen molar-refractivity contribution >= 4 is 34.3 Å². The Bertz CT molecular complexity index is 1080. The van der Waals surface area contributed by atoms with Gasteiger partial charge in [0.2, 0.25) is 11.8 Å². The van der Waals surface area contributed by atoms with Gasteiger partial charge in [0.25, 0.3) is 0 Å². The van der Waals surface area contributed by atoms with E-state index in [-0.39, 0.29) is 0 Å². The van der Waals surface area contributed by atoms with E-state index in [2.05, 4.69) is 48.3 Å². The van der Waals surface area contributed by atoms with E-state index in [0.717, 1.165) is 16.1 Å². The summed E-state index contributed by atoms with van der Waals surface area (Å²) in [5, 5.41) is 11.1. The van der Waals surface area contributed by atoms with Gasteiger partial charge in [0.05, 0.1) is 16.3 Å². The molecule has 6 heteroatoms. The largest absolute Gasteiger partial charge is 0.420 e. The van der Waals surface area contributed by atoms with Crippen LogP contribution < -0.4 is 0 Å². The lowest BCUT2D eigenvalue weighted by Gasteiger charge is -2.07. The number of rotatable bonds is 4. The van der Waals surface area contributed by atoms with Crippen LogP contribution in [-0.4, -0.2) is 15.2 Å². The number of aryl methyl sites for hydroxylation is 2. The van der Waals surface area contributed by atoms with Gasteiger partial charge in [0.15, 0.2) is 0 Å². The van der Waals surface area contributed by atoms with Crippen LogP contribution in [0.3, 0.4) is 0 Å². The number of fused-ring (bicyclic) bond motifs is 1. The average molecular weight is 382 g/mol. The second-order valence-corrected chi connectivity index (χ2v) is 7.48. The number of hydrogen-bond acceptors (Lipinski definition) is 5. The zero-order valence-corrected chi connectivity index (χ0v) is 15.9. The van der Waals surface area contributed by atoms with Crippen molar-refractivity contribution in [2.24, 2.45) is 0 Å². The van der Waals surface area contributed by atoms with E-state index in [1.165, 1.54) is 16.5 Å². The standard InChI is InChI=1S/C20H16ClN3OS/c1-12-4-3-5-16-13(2)10-18(22-19(12)16)26-11-17-23-24-20(25-17)14-6-8-15(21)9-7-14/h3-10H,11H2,1-2H3. The molecule has 4 nitrogen and oxygen atoms in total. The highest BCUT2D eigenvalue weighted by Crippen LogP contribution is 2.28. The molecule has 0 aliphatic rings. The molecule has 0 aliphatic heterocycles. The summed E-state index contributed by atoms with van der Waals surface area (Å²) in [6, 6.07) is 15.7. The second-order valence-electron chi connectivity index (χ2n) is 6.04. The monoisotopic (exact) mass is 381 g/mol. The van der Waals surface area contributed by atoms with E-state index in [1.54, 1.807) is 23.9 Å². The van der Waals surface area contributed by atoms with Crippen molar-refractivity contribution in [2.75, 3.05) is 0 Å². The molecule has 0 unspecified atom stereocenters. The highest BCUT2D eigenvalue weighted by atomic mass is 35.5. The second kappa shape index (κ2) is 7.09. The molecule has 0 atom stereocenters. The third-order valence-electron chi connectivity index (χ3n) is 4.13. The predicted molar refractivity (Wildman–Crippen MR) is 106 cm³/mol. The molecule has 0 saturated heterocycles. The molecule has 0 fully saturated rings. The third kappa shape index (κ3) is 3.45. The summed E-state index contributed by atoms with van der Waals surface area (Å²) in [5.41, 5.74) is 4.29. The Morgan fingerprint density at radius 3 is 2.62 bits per heavy atom. The minimum absolute atomic E-state index is 0.496. The van der Waals surface area contributed by atoms with E-state index >= 15 is 0 Å². The highest BCUT2D eigenvalue weighted by Gasteiger charge is 2.11. The molecule has 4 aromatic rings. The summed E-state index contributed by atoms with van der Waals surface area (Å²) in [4.78, 5) is 4.78. The summed E-state index contributed by atoms with van der Waals surface area (Å²) >= 11 is 7.50. The molecule has 0 N–H and O–H groups in total. The number of aromatic nitrogens is 3. The molecule has 2 aromatic heterocycles. The van der Waals surface area contributed by atoms with Crippen molar-refractivity contribution in [1.29, 1.82) is 0 Å². The molecule has 0 aliphatic carbocycles. The first kappa shape index (κ1) is 17.1. The topological polar surface area (TPSA) is 51.8 Å². The van der Waals surface area contributed by atoms with Crippen molar-refractivity contribution in [2.45, 2.75) is 24.6 Å².